The van der Waals surface area contributed by atoms with Crippen LogP contribution in [0.1, 0.15) is 24.5 Å². The maximum absolute atomic E-state index is 5.78. The lowest BCUT2D eigenvalue weighted by Crippen LogP contribution is -2.15. The van der Waals surface area contributed by atoms with Gasteiger partial charge in [-0.1, -0.05) is 48.5 Å². The van der Waals surface area contributed by atoms with Gasteiger partial charge in [0.1, 0.15) is 0 Å². The molecule has 0 fully saturated rings. The molecule has 94 valence electrons. The maximum Gasteiger partial charge on any atom is 0.00136 e. The van der Waals surface area contributed by atoms with Gasteiger partial charge in [-0.25, -0.2) is 0 Å². The van der Waals surface area contributed by atoms with E-state index in [1.165, 1.54) is 22.3 Å². The van der Waals surface area contributed by atoms with Gasteiger partial charge >= 0.3 is 0 Å². The molecule has 2 aromatic carbocycles. The second-order valence-corrected chi connectivity index (χ2v) is 5.03. The standard InChI is InChI=1S/C17H21N/c1-13-5-3-4-6-17(13)16-11-9-15(10-12-16)8-7-14(2)18/h3-6,9-12,14H,7-8,18H2,1-2H3. The minimum Gasteiger partial charge on any atom is -0.328 e. The molecule has 0 saturated carbocycles. The molecular formula is C17H21N. The second kappa shape index (κ2) is 5.83. The normalized spacial score (nSPS) is 12.4. The Bertz CT molecular complexity index is 497. The molecule has 1 atom stereocenters. The number of hydrogen-bond acceptors (Lipinski definition) is 1. The summed E-state index contributed by atoms with van der Waals surface area (Å²) >= 11 is 0. The maximum atomic E-state index is 5.78. The van der Waals surface area contributed by atoms with E-state index in [1.807, 2.05) is 0 Å². The first-order valence-corrected chi connectivity index (χ1v) is 6.57. The molecule has 0 aromatic heterocycles. The first-order chi connectivity index (χ1) is 8.66. The Kier molecular flexibility index (Phi) is 4.16. The van der Waals surface area contributed by atoms with Gasteiger partial charge in [-0.15, -0.1) is 0 Å². The van der Waals surface area contributed by atoms with E-state index in [9.17, 15) is 0 Å². The van der Waals surface area contributed by atoms with Crippen LogP contribution in [0.2, 0.25) is 0 Å². The third-order valence-electron chi connectivity index (χ3n) is 3.30. The van der Waals surface area contributed by atoms with Gasteiger partial charge in [0.05, 0.1) is 0 Å². The third-order valence-corrected chi connectivity index (χ3v) is 3.30. The summed E-state index contributed by atoms with van der Waals surface area (Å²) in [5.41, 5.74) is 11.1. The fraction of sp³-hybridized carbons (Fsp3) is 0.294. The monoisotopic (exact) mass is 239 g/mol. The van der Waals surface area contributed by atoms with E-state index in [4.69, 9.17) is 5.73 Å². The molecule has 2 rings (SSSR count). The Morgan fingerprint density at radius 1 is 1.00 bits per heavy atom. The number of aryl methyl sites for hydroxylation is 2. The van der Waals surface area contributed by atoms with Crippen LogP contribution in [0.15, 0.2) is 48.5 Å². The van der Waals surface area contributed by atoms with Crippen molar-refractivity contribution in [2.45, 2.75) is 32.7 Å². The van der Waals surface area contributed by atoms with Crippen LogP contribution in [-0.4, -0.2) is 6.04 Å². The van der Waals surface area contributed by atoms with E-state index in [2.05, 4.69) is 62.4 Å². The number of nitrogens with two attached hydrogens (primary N) is 1. The highest BCUT2D eigenvalue weighted by atomic mass is 14.6. The Morgan fingerprint density at radius 3 is 2.28 bits per heavy atom. The minimum absolute atomic E-state index is 0.279. The van der Waals surface area contributed by atoms with Crippen LogP contribution >= 0.6 is 0 Å². The topological polar surface area (TPSA) is 26.0 Å². The molecule has 0 radical (unpaired) electrons. The molecule has 1 unspecified atom stereocenters. The van der Waals surface area contributed by atoms with E-state index >= 15 is 0 Å². The molecular weight excluding hydrogens is 218 g/mol. The highest BCUT2D eigenvalue weighted by Crippen LogP contribution is 2.23. The summed E-state index contributed by atoms with van der Waals surface area (Å²) in [4.78, 5) is 0. The zero-order valence-electron chi connectivity index (χ0n) is 11.2. The van der Waals surface area contributed by atoms with Crippen LogP contribution < -0.4 is 5.73 Å². The largest absolute Gasteiger partial charge is 0.328 e. The first kappa shape index (κ1) is 12.8. The smallest absolute Gasteiger partial charge is 0.00136 e. The third kappa shape index (κ3) is 3.21. The fourth-order valence-electron chi connectivity index (χ4n) is 2.14. The summed E-state index contributed by atoms with van der Waals surface area (Å²) in [7, 11) is 0. The average Bonchev–Trinajstić information content (AvgIpc) is 2.38. The van der Waals surface area contributed by atoms with Gasteiger partial charge < -0.3 is 5.73 Å². The zero-order chi connectivity index (χ0) is 13.0. The van der Waals surface area contributed by atoms with Crippen molar-refractivity contribution in [1.29, 1.82) is 0 Å². The Hall–Kier alpha value is -1.60. The predicted octanol–water partition coefficient (Wildman–Crippen LogP) is 3.94. The molecule has 18 heavy (non-hydrogen) atoms. The van der Waals surface area contributed by atoms with Crippen molar-refractivity contribution in [3.05, 3.63) is 59.7 Å². The molecule has 1 heteroatoms. The number of hydrogen-bond donors (Lipinski definition) is 1. The molecule has 0 amide bonds. The van der Waals surface area contributed by atoms with Crippen LogP contribution in [0.3, 0.4) is 0 Å². The van der Waals surface area contributed by atoms with Gasteiger partial charge in [-0.2, -0.15) is 0 Å². The second-order valence-electron chi connectivity index (χ2n) is 5.03. The van der Waals surface area contributed by atoms with Gasteiger partial charge in [-0.3, -0.25) is 0 Å². The Morgan fingerprint density at radius 2 is 1.67 bits per heavy atom. The quantitative estimate of drug-likeness (QED) is 0.859. The Balaban J connectivity index is 2.15. The van der Waals surface area contributed by atoms with Crippen LogP contribution in [0.4, 0.5) is 0 Å². The highest BCUT2D eigenvalue weighted by molar-refractivity contribution is 5.67. The number of rotatable bonds is 4. The first-order valence-electron chi connectivity index (χ1n) is 6.57. The molecule has 0 saturated heterocycles. The fourth-order valence-corrected chi connectivity index (χ4v) is 2.14. The van der Waals surface area contributed by atoms with Gasteiger partial charge in [0.25, 0.3) is 0 Å². The van der Waals surface area contributed by atoms with Crippen molar-refractivity contribution in [2.75, 3.05) is 0 Å². The minimum atomic E-state index is 0.279. The summed E-state index contributed by atoms with van der Waals surface area (Å²) in [6.07, 6.45) is 2.11. The molecule has 0 aliphatic heterocycles. The Labute approximate surface area is 110 Å². The molecule has 2 N–H and O–H groups in total. The SMILES string of the molecule is Cc1ccccc1-c1ccc(CCC(C)N)cc1. The van der Waals surface area contributed by atoms with Crippen molar-refractivity contribution in [3.63, 3.8) is 0 Å². The summed E-state index contributed by atoms with van der Waals surface area (Å²) in [6.45, 7) is 4.21. The van der Waals surface area contributed by atoms with Crippen LogP contribution in [0.25, 0.3) is 11.1 Å². The number of benzene rings is 2. The molecule has 0 heterocycles. The molecule has 0 bridgehead atoms. The van der Waals surface area contributed by atoms with Crippen molar-refractivity contribution in [3.8, 4) is 11.1 Å². The summed E-state index contributed by atoms with van der Waals surface area (Å²) in [5, 5.41) is 0. The lowest BCUT2D eigenvalue weighted by molar-refractivity contribution is 0.666. The summed E-state index contributed by atoms with van der Waals surface area (Å²) in [5.74, 6) is 0. The van der Waals surface area contributed by atoms with Crippen molar-refractivity contribution in [2.24, 2.45) is 5.73 Å². The van der Waals surface area contributed by atoms with Crippen LogP contribution in [-0.2, 0) is 6.42 Å². The van der Waals surface area contributed by atoms with Crippen LogP contribution in [0, 0.1) is 6.92 Å². The van der Waals surface area contributed by atoms with E-state index in [0.717, 1.165) is 12.8 Å². The van der Waals surface area contributed by atoms with E-state index < -0.39 is 0 Å². The molecule has 0 aliphatic carbocycles. The van der Waals surface area contributed by atoms with E-state index in [-0.39, 0.29) is 6.04 Å². The summed E-state index contributed by atoms with van der Waals surface area (Å²) < 4.78 is 0. The van der Waals surface area contributed by atoms with Crippen LogP contribution in [0.5, 0.6) is 0 Å². The van der Waals surface area contributed by atoms with Gasteiger partial charge in [0.2, 0.25) is 0 Å². The van der Waals surface area contributed by atoms with E-state index in [1.54, 1.807) is 0 Å². The van der Waals surface area contributed by atoms with Crippen molar-refractivity contribution in [1.82, 2.24) is 0 Å². The molecule has 0 spiro atoms. The van der Waals surface area contributed by atoms with Gasteiger partial charge in [-0.05, 0) is 48.9 Å². The molecule has 2 aromatic rings. The molecule has 0 aliphatic rings. The zero-order valence-corrected chi connectivity index (χ0v) is 11.2. The average molecular weight is 239 g/mol. The highest BCUT2D eigenvalue weighted by Gasteiger charge is 2.01. The van der Waals surface area contributed by atoms with Crippen molar-refractivity contribution >= 4 is 0 Å². The lowest BCUT2D eigenvalue weighted by Gasteiger charge is -2.08. The van der Waals surface area contributed by atoms with Gasteiger partial charge in [0, 0.05) is 6.04 Å². The van der Waals surface area contributed by atoms with Crippen molar-refractivity contribution < 1.29 is 0 Å². The lowest BCUT2D eigenvalue weighted by atomic mass is 9.98. The molecule has 1 nitrogen and oxygen atoms in total. The van der Waals surface area contributed by atoms with Gasteiger partial charge in [0.15, 0.2) is 0 Å². The van der Waals surface area contributed by atoms with E-state index in [0.29, 0.717) is 0 Å². The predicted molar refractivity (Wildman–Crippen MR) is 78.6 cm³/mol. The summed E-state index contributed by atoms with van der Waals surface area (Å²) in [6, 6.07) is 17.6.